The minimum atomic E-state index is -0.374. The number of carbonyl (C=O) groups is 1. The van der Waals surface area contributed by atoms with Crippen LogP contribution in [-0.4, -0.2) is 40.5 Å². The smallest absolute Gasteiger partial charge is 0.336 e. The molecule has 1 aromatic heterocycles. The van der Waals surface area contributed by atoms with Crippen LogP contribution in [0.1, 0.15) is 29.8 Å². The zero-order valence-corrected chi connectivity index (χ0v) is 19.7. The van der Waals surface area contributed by atoms with Gasteiger partial charge in [-0.1, -0.05) is 31.2 Å². The van der Waals surface area contributed by atoms with Crippen molar-refractivity contribution in [2.24, 2.45) is 0 Å². The van der Waals surface area contributed by atoms with Gasteiger partial charge in [-0.15, -0.1) is 5.10 Å². The van der Waals surface area contributed by atoms with Gasteiger partial charge in [0.15, 0.2) is 5.82 Å². The van der Waals surface area contributed by atoms with Crippen LogP contribution < -0.4 is 10.1 Å². The summed E-state index contributed by atoms with van der Waals surface area (Å²) in [5.74, 6) is -0.129. The van der Waals surface area contributed by atoms with Crippen molar-refractivity contribution in [1.82, 2.24) is 14.8 Å². The van der Waals surface area contributed by atoms with Gasteiger partial charge in [0.1, 0.15) is 12.4 Å². The zero-order valence-electron chi connectivity index (χ0n) is 19.7. The van der Waals surface area contributed by atoms with Gasteiger partial charge in [-0.05, 0) is 67.4 Å². The van der Waals surface area contributed by atoms with Gasteiger partial charge in [0, 0.05) is 23.4 Å². The number of nitrogens with one attached hydrogen (secondary N) is 1. The van der Waals surface area contributed by atoms with Gasteiger partial charge >= 0.3 is 6.01 Å². The van der Waals surface area contributed by atoms with Gasteiger partial charge in [0.2, 0.25) is 0 Å². The fourth-order valence-electron chi connectivity index (χ4n) is 3.47. The van der Waals surface area contributed by atoms with Crippen LogP contribution >= 0.6 is 0 Å². The highest BCUT2D eigenvalue weighted by molar-refractivity contribution is 6.04. The Hall–Kier alpha value is -4.04. The molecule has 35 heavy (non-hydrogen) atoms. The molecular weight excluding hydrogens is 447 g/mol. The lowest BCUT2D eigenvalue weighted by Gasteiger charge is -2.09. The third-order valence-corrected chi connectivity index (χ3v) is 5.33. The van der Waals surface area contributed by atoms with Gasteiger partial charge in [-0.3, -0.25) is 4.79 Å². The number of anilines is 1. The van der Waals surface area contributed by atoms with Crippen LogP contribution in [0.15, 0.2) is 72.8 Å². The van der Waals surface area contributed by atoms with Crippen molar-refractivity contribution >= 4 is 11.6 Å². The molecule has 0 radical (unpaired) electrons. The quantitative estimate of drug-likeness (QED) is 0.316. The summed E-state index contributed by atoms with van der Waals surface area (Å²) in [5.41, 5.74) is 3.64. The largest absolute Gasteiger partial charge is 0.460 e. The molecule has 7 nitrogen and oxygen atoms in total. The normalized spacial score (nSPS) is 10.8. The third kappa shape index (κ3) is 6.10. The molecule has 1 N–H and O–H groups in total. The maximum atomic E-state index is 13.9. The predicted molar refractivity (Wildman–Crippen MR) is 133 cm³/mol. The molecule has 0 saturated carbocycles. The van der Waals surface area contributed by atoms with Crippen molar-refractivity contribution in [2.75, 3.05) is 25.1 Å². The van der Waals surface area contributed by atoms with E-state index in [2.05, 4.69) is 22.3 Å². The third-order valence-electron chi connectivity index (χ3n) is 5.33. The van der Waals surface area contributed by atoms with E-state index in [-0.39, 0.29) is 17.7 Å². The van der Waals surface area contributed by atoms with E-state index in [1.807, 2.05) is 31.2 Å². The Balaban J connectivity index is 1.55. The minimum absolute atomic E-state index is 0.164. The summed E-state index contributed by atoms with van der Waals surface area (Å²) < 4.78 is 26.4. The maximum absolute atomic E-state index is 13.9. The fraction of sp³-hybridized carbons (Fsp3) is 0.222. The molecule has 180 valence electrons. The van der Waals surface area contributed by atoms with Crippen molar-refractivity contribution in [3.63, 3.8) is 0 Å². The Morgan fingerprint density at radius 1 is 1.00 bits per heavy atom. The predicted octanol–water partition coefficient (Wildman–Crippen LogP) is 5.30. The molecule has 0 aliphatic rings. The summed E-state index contributed by atoms with van der Waals surface area (Å²) in [6.07, 6.45) is 0.919. The number of hydrogen-bond donors (Lipinski definition) is 1. The van der Waals surface area contributed by atoms with Crippen LogP contribution in [0.3, 0.4) is 0 Å². The van der Waals surface area contributed by atoms with E-state index < -0.39 is 0 Å². The summed E-state index contributed by atoms with van der Waals surface area (Å²) in [4.78, 5) is 17.0. The van der Waals surface area contributed by atoms with Crippen molar-refractivity contribution in [2.45, 2.75) is 20.3 Å². The molecule has 0 bridgehead atoms. The summed E-state index contributed by atoms with van der Waals surface area (Å²) in [6.45, 7) is 5.28. The van der Waals surface area contributed by atoms with Gasteiger partial charge in [-0.2, -0.15) is 4.98 Å². The number of benzene rings is 3. The summed E-state index contributed by atoms with van der Waals surface area (Å²) in [6, 6.07) is 21.0. The molecule has 0 aliphatic carbocycles. The lowest BCUT2D eigenvalue weighted by Crippen LogP contribution is -2.12. The van der Waals surface area contributed by atoms with Crippen LogP contribution in [0.4, 0.5) is 10.1 Å². The van der Waals surface area contributed by atoms with Crippen LogP contribution in [-0.2, 0) is 11.2 Å². The zero-order chi connectivity index (χ0) is 24.6. The number of halogens is 1. The summed E-state index contributed by atoms with van der Waals surface area (Å²) in [5, 5.41) is 7.36. The second kappa shape index (κ2) is 11.4. The molecule has 0 fully saturated rings. The number of aryl methyl sites for hydroxylation is 1. The van der Waals surface area contributed by atoms with E-state index in [1.165, 1.54) is 17.7 Å². The first kappa shape index (κ1) is 24.1. The van der Waals surface area contributed by atoms with Gasteiger partial charge in [-0.25, -0.2) is 9.07 Å². The van der Waals surface area contributed by atoms with Crippen LogP contribution in [0.5, 0.6) is 6.01 Å². The van der Waals surface area contributed by atoms with Gasteiger partial charge < -0.3 is 14.8 Å². The van der Waals surface area contributed by atoms with E-state index in [9.17, 15) is 9.18 Å². The van der Waals surface area contributed by atoms with Crippen molar-refractivity contribution in [1.29, 1.82) is 0 Å². The highest BCUT2D eigenvalue weighted by Gasteiger charge is 2.16. The molecule has 8 heteroatoms. The first-order chi connectivity index (χ1) is 17.1. The van der Waals surface area contributed by atoms with Crippen LogP contribution in [0.2, 0.25) is 0 Å². The number of ether oxygens (including phenoxy) is 2. The Kier molecular flexibility index (Phi) is 7.84. The summed E-state index contributed by atoms with van der Waals surface area (Å²) >= 11 is 0. The van der Waals surface area contributed by atoms with Crippen molar-refractivity contribution < 1.29 is 18.7 Å². The summed E-state index contributed by atoms with van der Waals surface area (Å²) in [7, 11) is 0. The highest BCUT2D eigenvalue weighted by Crippen LogP contribution is 2.25. The Morgan fingerprint density at radius 2 is 1.77 bits per heavy atom. The lowest BCUT2D eigenvalue weighted by atomic mass is 10.1. The Morgan fingerprint density at radius 3 is 2.46 bits per heavy atom. The van der Waals surface area contributed by atoms with Crippen molar-refractivity contribution in [3.05, 3.63) is 89.7 Å². The lowest BCUT2D eigenvalue weighted by molar-refractivity contribution is 0.102. The molecule has 0 saturated heterocycles. The van der Waals surface area contributed by atoms with E-state index in [0.717, 1.165) is 6.42 Å². The van der Waals surface area contributed by atoms with E-state index in [4.69, 9.17) is 9.47 Å². The molecule has 4 rings (SSSR count). The number of carbonyl (C=O) groups excluding carboxylic acids is 1. The second-order valence-electron chi connectivity index (χ2n) is 7.74. The first-order valence-corrected chi connectivity index (χ1v) is 11.5. The van der Waals surface area contributed by atoms with E-state index in [1.54, 1.807) is 41.1 Å². The number of nitrogens with zero attached hydrogens (tertiary/aromatic N) is 3. The Bertz CT molecular complexity index is 1270. The second-order valence-corrected chi connectivity index (χ2v) is 7.74. The molecule has 0 atom stereocenters. The fourth-order valence-corrected chi connectivity index (χ4v) is 3.47. The first-order valence-electron chi connectivity index (χ1n) is 11.5. The molecule has 0 spiro atoms. The van der Waals surface area contributed by atoms with Crippen LogP contribution in [0.25, 0.3) is 17.1 Å². The number of aromatic nitrogens is 3. The van der Waals surface area contributed by atoms with E-state index in [0.29, 0.717) is 48.1 Å². The number of rotatable bonds is 10. The number of hydrogen-bond acceptors (Lipinski definition) is 5. The molecule has 1 amide bonds. The molecule has 0 aliphatic heterocycles. The molecular formula is C27H27FN4O3. The van der Waals surface area contributed by atoms with E-state index >= 15 is 0 Å². The number of amides is 1. The SMILES string of the molecule is CCOCCOc1nc(-c2cccc(F)c2)n(-c2ccc(NC(=O)c3ccc(CC)cc3)cc2)n1. The van der Waals surface area contributed by atoms with Crippen molar-refractivity contribution in [3.8, 4) is 23.1 Å². The minimum Gasteiger partial charge on any atom is -0.460 e. The van der Waals surface area contributed by atoms with Gasteiger partial charge in [0.25, 0.3) is 5.91 Å². The highest BCUT2D eigenvalue weighted by atomic mass is 19.1. The average molecular weight is 475 g/mol. The maximum Gasteiger partial charge on any atom is 0.336 e. The molecule has 3 aromatic carbocycles. The van der Waals surface area contributed by atoms with Gasteiger partial charge in [0.05, 0.1) is 12.3 Å². The molecule has 4 aromatic rings. The molecule has 1 heterocycles. The average Bonchev–Trinajstić information content (AvgIpc) is 3.31. The monoisotopic (exact) mass is 474 g/mol. The molecule has 0 unspecified atom stereocenters. The van der Waals surface area contributed by atoms with Crippen LogP contribution in [0, 0.1) is 5.82 Å². The standard InChI is InChI=1S/C27H27FN4O3/c1-3-19-8-10-20(11-9-19)26(33)29-23-12-14-24(15-13-23)32-25(21-6-5-7-22(28)18-21)30-27(31-32)35-17-16-34-4-2/h5-15,18H,3-4,16-17H2,1-2H3,(H,29,33). The Labute approximate surface area is 203 Å². The topological polar surface area (TPSA) is 78.3 Å².